The Hall–Kier alpha value is -0.780. The monoisotopic (exact) mass is 176 g/mol. The fraction of sp³-hybridized carbons (Fsp3) is 0.538. The average Bonchev–Trinajstić information content (AvgIpc) is 2.08. The predicted molar refractivity (Wildman–Crippen MR) is 59.7 cm³/mol. The summed E-state index contributed by atoms with van der Waals surface area (Å²) < 4.78 is 0. The van der Waals surface area contributed by atoms with Crippen molar-refractivity contribution in [3.63, 3.8) is 0 Å². The molecule has 0 saturated heterocycles. The van der Waals surface area contributed by atoms with Crippen LogP contribution in [0, 0.1) is 0 Å². The summed E-state index contributed by atoms with van der Waals surface area (Å²) in [6.07, 6.45) is 18.9. The Morgan fingerprint density at radius 1 is 1.23 bits per heavy atom. The zero-order valence-corrected chi connectivity index (χ0v) is 8.63. The van der Waals surface area contributed by atoms with Gasteiger partial charge in [-0.1, -0.05) is 36.0 Å². The van der Waals surface area contributed by atoms with Crippen molar-refractivity contribution < 1.29 is 0 Å². The molecule has 0 bridgehead atoms. The van der Waals surface area contributed by atoms with Gasteiger partial charge in [-0.15, -0.1) is 0 Å². The molecule has 72 valence electrons. The fourth-order valence-electron chi connectivity index (χ4n) is 1.65. The molecule has 0 aromatic rings. The predicted octanol–water partition coefficient (Wildman–Crippen LogP) is 4.40. The lowest BCUT2D eigenvalue weighted by molar-refractivity contribution is 0.761. The van der Waals surface area contributed by atoms with Crippen LogP contribution in [0.1, 0.15) is 45.4 Å². The third kappa shape index (κ3) is 4.72. The molecule has 0 spiro atoms. The molecule has 0 N–H and O–H groups in total. The summed E-state index contributed by atoms with van der Waals surface area (Å²) in [4.78, 5) is 0. The van der Waals surface area contributed by atoms with Gasteiger partial charge in [-0.05, 0) is 45.4 Å². The normalized spacial score (nSPS) is 22.1. The number of allylic oxidation sites excluding steroid dienone is 6. The number of rotatable bonds is 2. The van der Waals surface area contributed by atoms with E-state index in [4.69, 9.17) is 0 Å². The van der Waals surface area contributed by atoms with Gasteiger partial charge in [-0.3, -0.25) is 0 Å². The zero-order chi connectivity index (χ0) is 9.36. The first-order valence-electron chi connectivity index (χ1n) is 5.37. The van der Waals surface area contributed by atoms with Gasteiger partial charge in [0.1, 0.15) is 0 Å². The van der Waals surface area contributed by atoms with Gasteiger partial charge >= 0.3 is 0 Å². The molecule has 13 heavy (non-hydrogen) atoms. The molecule has 0 unspecified atom stereocenters. The SMILES string of the molecule is CC=CCC=C1CCC=CCCC1. The second-order valence-electron chi connectivity index (χ2n) is 3.57. The van der Waals surface area contributed by atoms with Gasteiger partial charge < -0.3 is 0 Å². The first-order valence-corrected chi connectivity index (χ1v) is 5.37. The average molecular weight is 176 g/mol. The van der Waals surface area contributed by atoms with Crippen LogP contribution in [0.3, 0.4) is 0 Å². The maximum absolute atomic E-state index is 2.40. The van der Waals surface area contributed by atoms with Gasteiger partial charge in [0.15, 0.2) is 0 Å². The molecule has 0 radical (unpaired) electrons. The third-order valence-corrected chi connectivity index (χ3v) is 2.45. The van der Waals surface area contributed by atoms with Gasteiger partial charge in [0.25, 0.3) is 0 Å². The van der Waals surface area contributed by atoms with Crippen molar-refractivity contribution in [2.45, 2.75) is 45.4 Å². The highest BCUT2D eigenvalue weighted by Gasteiger charge is 1.98. The van der Waals surface area contributed by atoms with Gasteiger partial charge in [-0.2, -0.15) is 0 Å². The van der Waals surface area contributed by atoms with E-state index in [0.29, 0.717) is 0 Å². The van der Waals surface area contributed by atoms with E-state index in [2.05, 4.69) is 37.3 Å². The molecule has 0 amide bonds. The first kappa shape index (κ1) is 10.3. The van der Waals surface area contributed by atoms with E-state index in [1.807, 2.05) is 0 Å². The summed E-state index contributed by atoms with van der Waals surface area (Å²) >= 11 is 0. The van der Waals surface area contributed by atoms with Crippen LogP contribution in [0.15, 0.2) is 36.0 Å². The van der Waals surface area contributed by atoms with Crippen molar-refractivity contribution in [3.8, 4) is 0 Å². The minimum Gasteiger partial charge on any atom is -0.0914 e. The molecular weight excluding hydrogens is 156 g/mol. The Bertz CT molecular complexity index is 206. The minimum atomic E-state index is 1.12. The van der Waals surface area contributed by atoms with E-state index in [0.717, 1.165) is 6.42 Å². The van der Waals surface area contributed by atoms with Crippen LogP contribution >= 0.6 is 0 Å². The standard InChI is InChI=1S/C13H20/c1-2-3-7-10-13-11-8-5-4-6-9-12-13/h2-5,10H,6-9,11-12H2,1H3. The zero-order valence-electron chi connectivity index (χ0n) is 8.63. The van der Waals surface area contributed by atoms with Crippen LogP contribution in [-0.4, -0.2) is 0 Å². The topological polar surface area (TPSA) is 0 Å². The van der Waals surface area contributed by atoms with E-state index in [1.54, 1.807) is 5.57 Å². The van der Waals surface area contributed by atoms with E-state index in [-0.39, 0.29) is 0 Å². The molecule has 0 aliphatic heterocycles. The van der Waals surface area contributed by atoms with Gasteiger partial charge in [0.2, 0.25) is 0 Å². The number of hydrogen-bond donors (Lipinski definition) is 0. The molecule has 0 heterocycles. The minimum absolute atomic E-state index is 1.12. The maximum Gasteiger partial charge on any atom is -0.0167 e. The molecule has 0 atom stereocenters. The molecule has 1 aliphatic carbocycles. The molecule has 0 aromatic carbocycles. The van der Waals surface area contributed by atoms with E-state index >= 15 is 0 Å². The van der Waals surface area contributed by atoms with Crippen molar-refractivity contribution in [3.05, 3.63) is 36.0 Å². The Morgan fingerprint density at radius 2 is 2.08 bits per heavy atom. The highest BCUT2D eigenvalue weighted by molar-refractivity contribution is 5.07. The first-order chi connectivity index (χ1) is 6.43. The van der Waals surface area contributed by atoms with Crippen molar-refractivity contribution in [1.82, 2.24) is 0 Å². The van der Waals surface area contributed by atoms with Crippen LogP contribution in [0.4, 0.5) is 0 Å². The summed E-state index contributed by atoms with van der Waals surface area (Å²) in [7, 11) is 0. The fourth-order valence-corrected chi connectivity index (χ4v) is 1.65. The van der Waals surface area contributed by atoms with Crippen LogP contribution in [0.25, 0.3) is 0 Å². The summed E-state index contributed by atoms with van der Waals surface area (Å²) in [5.74, 6) is 0. The van der Waals surface area contributed by atoms with Crippen molar-refractivity contribution >= 4 is 0 Å². The lowest BCUT2D eigenvalue weighted by Crippen LogP contribution is -1.87. The van der Waals surface area contributed by atoms with Crippen molar-refractivity contribution in [2.75, 3.05) is 0 Å². The van der Waals surface area contributed by atoms with Crippen LogP contribution < -0.4 is 0 Å². The van der Waals surface area contributed by atoms with E-state index < -0.39 is 0 Å². The molecule has 0 fully saturated rings. The van der Waals surface area contributed by atoms with Gasteiger partial charge in [-0.25, -0.2) is 0 Å². The molecule has 1 rings (SSSR count). The largest absolute Gasteiger partial charge is 0.0914 e. The van der Waals surface area contributed by atoms with Crippen LogP contribution in [0.5, 0.6) is 0 Å². The summed E-state index contributed by atoms with van der Waals surface area (Å²) in [5, 5.41) is 0. The van der Waals surface area contributed by atoms with Crippen molar-refractivity contribution in [1.29, 1.82) is 0 Å². The molecule has 0 heteroatoms. The molecule has 1 aliphatic rings. The number of hydrogen-bond acceptors (Lipinski definition) is 0. The molecule has 0 saturated carbocycles. The second-order valence-corrected chi connectivity index (χ2v) is 3.57. The summed E-state index contributed by atoms with van der Waals surface area (Å²) in [6, 6.07) is 0. The lowest BCUT2D eigenvalue weighted by Gasteiger charge is -2.07. The van der Waals surface area contributed by atoms with Gasteiger partial charge in [0.05, 0.1) is 0 Å². The Morgan fingerprint density at radius 3 is 2.92 bits per heavy atom. The van der Waals surface area contributed by atoms with Crippen LogP contribution in [0.2, 0.25) is 0 Å². The van der Waals surface area contributed by atoms with E-state index in [9.17, 15) is 0 Å². The Kier molecular flexibility index (Phi) is 5.31. The lowest BCUT2D eigenvalue weighted by atomic mass is 9.99. The molecule has 0 aromatic heterocycles. The van der Waals surface area contributed by atoms with E-state index in [1.165, 1.54) is 32.1 Å². The Balaban J connectivity index is 2.38. The highest BCUT2D eigenvalue weighted by atomic mass is 14.0. The molecular formula is C13H20. The summed E-state index contributed by atoms with van der Waals surface area (Å²) in [5.41, 5.74) is 1.66. The van der Waals surface area contributed by atoms with Gasteiger partial charge in [0, 0.05) is 0 Å². The third-order valence-electron chi connectivity index (χ3n) is 2.45. The maximum atomic E-state index is 2.40. The molecule has 0 nitrogen and oxygen atoms in total. The second kappa shape index (κ2) is 6.71. The van der Waals surface area contributed by atoms with Crippen molar-refractivity contribution in [2.24, 2.45) is 0 Å². The summed E-state index contributed by atoms with van der Waals surface area (Å²) in [6.45, 7) is 2.08. The Labute approximate surface area is 82.0 Å². The smallest absolute Gasteiger partial charge is 0.0167 e. The quantitative estimate of drug-likeness (QED) is 0.547. The highest BCUT2D eigenvalue weighted by Crippen LogP contribution is 2.18. The van der Waals surface area contributed by atoms with Crippen LogP contribution in [-0.2, 0) is 0 Å².